The predicted molar refractivity (Wildman–Crippen MR) is 561 cm³/mol. The van der Waals surface area contributed by atoms with E-state index in [0.29, 0.717) is 0 Å². The number of furan rings is 3. The Morgan fingerprint density at radius 2 is 0.448 bits per heavy atom. The third kappa shape index (κ3) is 10.3. The lowest BCUT2D eigenvalue weighted by Gasteiger charge is -2.14. The Kier molecular flexibility index (Phi) is 15.2. The molecule has 6 nitrogen and oxygen atoms in total. The molecule has 29 aromatic rings. The molecule has 618 valence electrons. The highest BCUT2D eigenvalue weighted by molar-refractivity contribution is 6.34. The fourth-order valence-electron chi connectivity index (χ4n) is 23.8. The number of benzene rings is 23. The Labute approximate surface area is 766 Å². The monoisotopic (exact) mass is 1700 g/mol. The van der Waals surface area contributed by atoms with Crippen molar-refractivity contribution in [3.63, 3.8) is 0 Å². The van der Waals surface area contributed by atoms with Gasteiger partial charge < -0.3 is 27.0 Å². The maximum absolute atomic E-state index is 6.44. The number of para-hydroxylation sites is 2. The molecule has 0 unspecified atom stereocenters. The van der Waals surface area contributed by atoms with Crippen molar-refractivity contribution in [3.05, 3.63) is 443 Å². The van der Waals surface area contributed by atoms with E-state index in [4.69, 9.17) is 13.3 Å². The molecule has 6 heteroatoms. The summed E-state index contributed by atoms with van der Waals surface area (Å²) in [7, 11) is 0. The second kappa shape index (κ2) is 27.8. The van der Waals surface area contributed by atoms with Crippen molar-refractivity contribution in [1.82, 2.24) is 13.7 Å². The normalized spacial score (nSPS) is 12.3. The van der Waals surface area contributed by atoms with Gasteiger partial charge in [0.05, 0.1) is 33.1 Å². The second-order valence-corrected chi connectivity index (χ2v) is 36.2. The lowest BCUT2D eigenvalue weighted by atomic mass is 9.93. The van der Waals surface area contributed by atoms with Crippen molar-refractivity contribution < 1.29 is 13.3 Å². The molecule has 134 heavy (non-hydrogen) atoms. The SMILES string of the molecule is c1cc(-c2cccc3c2oc2ccccc23)cc(-n2c3cccc4c3c3c5c(cccc5ccc32)-c2ccccc2-4)c1.c1cc(-c2cccc3oc4cc5ccccc5cc4c23)cc(-n2c3cccc4c3c3c5c(cccc5ccc32)-c2ccccc2-4)c1.c1cc(-c2cccc3oc4ccc5ccccc5c4c23)cc(-n2c3cccc4c3c3c5c(cccc5ccc32)-c2ccccc2-4)c1. The first-order chi connectivity index (χ1) is 66.5. The molecule has 3 aliphatic rings. The Morgan fingerprint density at radius 3 is 0.940 bits per heavy atom. The van der Waals surface area contributed by atoms with E-state index in [2.05, 4.69) is 444 Å². The first-order valence-electron chi connectivity index (χ1n) is 46.2. The first kappa shape index (κ1) is 73.1. The standard InChI is InChI=1S/2C44H25NO.C40H23NO/c1-2-13-30-26(9-1)22-24-39-42(30)43-31(16-8-20-38(43)46-39)28-11-5-12-29(25-28)45-36-19-7-18-35-33-15-4-3-14-32(33)34-17-6-10-27-21-23-37(45)44(40(27)34)41(35)36;1-2-10-28-25-40-36(24-27(28)9-1)42-31(16-8-20-39(42)46-40)29-12-5-13-30(23-29)45-37-19-7-18-35-33-15-4-3-14-32(33)34-17-6-11-26-21-22-38(45)44(41(26)34)43(35)37;1-2-13-29-28(12-1)31-16-6-9-24-21-22-35-39(37(24)31)38-32(29)17-8-19-34(38)41(35)26-11-5-10-25(23-26)27-15-7-18-33-30-14-3-4-20-36(30)42-40(27)33/h2*1-25H;1-23H. The summed E-state index contributed by atoms with van der Waals surface area (Å²) in [6.07, 6.45) is 0. The van der Waals surface area contributed by atoms with Crippen LogP contribution < -0.4 is 0 Å². The zero-order valence-corrected chi connectivity index (χ0v) is 72.2. The van der Waals surface area contributed by atoms with E-state index in [1.165, 1.54) is 214 Å². The van der Waals surface area contributed by atoms with Crippen molar-refractivity contribution in [3.8, 4) is 117 Å². The Hall–Kier alpha value is -17.8. The van der Waals surface area contributed by atoms with Crippen LogP contribution in [0.2, 0.25) is 0 Å². The number of aromatic nitrogens is 3. The van der Waals surface area contributed by atoms with Crippen LogP contribution in [0.15, 0.2) is 456 Å². The number of hydrogen-bond acceptors (Lipinski definition) is 3. The van der Waals surface area contributed by atoms with Crippen LogP contribution in [-0.4, -0.2) is 13.7 Å². The minimum absolute atomic E-state index is 0.912. The van der Waals surface area contributed by atoms with E-state index < -0.39 is 0 Å². The molecular weight excluding hydrogens is 1630 g/mol. The van der Waals surface area contributed by atoms with Gasteiger partial charge in [-0.15, -0.1) is 0 Å². The Bertz CT molecular complexity index is 10300. The quantitative estimate of drug-likeness (QED) is 0.167. The van der Waals surface area contributed by atoms with Crippen molar-refractivity contribution in [1.29, 1.82) is 0 Å². The molecule has 3 aliphatic carbocycles. The Balaban J connectivity index is 0.0000000961. The number of rotatable bonds is 6. The van der Waals surface area contributed by atoms with Gasteiger partial charge in [0.1, 0.15) is 33.5 Å². The average Bonchev–Trinajstić information content (AvgIpc) is 1.55. The summed E-state index contributed by atoms with van der Waals surface area (Å²) in [5, 5.41) is 27.6. The molecule has 0 bridgehead atoms. The molecule has 0 N–H and O–H groups in total. The largest absolute Gasteiger partial charge is 0.456 e. The fourth-order valence-corrected chi connectivity index (χ4v) is 23.8. The summed E-state index contributed by atoms with van der Waals surface area (Å²) in [4.78, 5) is 0. The minimum atomic E-state index is 0.912. The van der Waals surface area contributed by atoms with Crippen LogP contribution in [0.25, 0.3) is 302 Å². The molecule has 32 rings (SSSR count). The zero-order chi connectivity index (χ0) is 87.2. The van der Waals surface area contributed by atoms with Crippen LogP contribution in [0.5, 0.6) is 0 Å². The van der Waals surface area contributed by atoms with Crippen molar-refractivity contribution in [2.75, 3.05) is 0 Å². The molecule has 0 saturated carbocycles. The van der Waals surface area contributed by atoms with Gasteiger partial charge in [0.2, 0.25) is 0 Å². The van der Waals surface area contributed by atoms with Gasteiger partial charge in [-0.05, 0) is 258 Å². The van der Waals surface area contributed by atoms with Crippen molar-refractivity contribution in [2.24, 2.45) is 0 Å². The maximum Gasteiger partial charge on any atom is 0.143 e. The van der Waals surface area contributed by atoms with Crippen LogP contribution in [-0.2, 0) is 0 Å². The van der Waals surface area contributed by atoms with Crippen LogP contribution in [0.3, 0.4) is 0 Å². The van der Waals surface area contributed by atoms with Gasteiger partial charge >= 0.3 is 0 Å². The van der Waals surface area contributed by atoms with Gasteiger partial charge in [-0.25, -0.2) is 0 Å². The van der Waals surface area contributed by atoms with Crippen molar-refractivity contribution in [2.45, 2.75) is 0 Å². The van der Waals surface area contributed by atoms with Gasteiger partial charge in [-0.2, -0.15) is 0 Å². The smallest absolute Gasteiger partial charge is 0.143 e. The van der Waals surface area contributed by atoms with E-state index in [0.717, 1.165) is 88.6 Å². The third-order valence-corrected chi connectivity index (χ3v) is 29.3. The topological polar surface area (TPSA) is 54.2 Å². The molecule has 0 spiro atoms. The van der Waals surface area contributed by atoms with Gasteiger partial charge in [0.25, 0.3) is 0 Å². The summed E-state index contributed by atoms with van der Waals surface area (Å²) in [6.45, 7) is 0. The molecule has 0 aliphatic heterocycles. The zero-order valence-electron chi connectivity index (χ0n) is 72.2. The number of nitrogens with zero attached hydrogens (tertiary/aromatic N) is 3. The second-order valence-electron chi connectivity index (χ2n) is 36.2. The van der Waals surface area contributed by atoms with E-state index in [1.807, 2.05) is 12.1 Å². The summed E-state index contributed by atoms with van der Waals surface area (Å²) < 4.78 is 26.7. The van der Waals surface area contributed by atoms with Gasteiger partial charge in [-0.3, -0.25) is 0 Å². The molecule has 6 heterocycles. The molecule has 0 amide bonds. The minimum Gasteiger partial charge on any atom is -0.456 e. The van der Waals surface area contributed by atoms with Crippen LogP contribution in [0.1, 0.15) is 0 Å². The molecule has 23 aromatic carbocycles. The molecule has 6 aromatic heterocycles. The van der Waals surface area contributed by atoms with Gasteiger partial charge in [0.15, 0.2) is 0 Å². The lowest BCUT2D eigenvalue weighted by molar-refractivity contribution is 0.669. The number of fused-ring (bicyclic) bond motifs is 21. The van der Waals surface area contributed by atoms with Crippen LogP contribution in [0, 0.1) is 0 Å². The van der Waals surface area contributed by atoms with E-state index in [1.54, 1.807) is 0 Å². The average molecular weight is 1700 g/mol. The third-order valence-electron chi connectivity index (χ3n) is 29.3. The summed E-state index contributed by atoms with van der Waals surface area (Å²) in [5.41, 5.74) is 38.8. The summed E-state index contributed by atoms with van der Waals surface area (Å²) in [5.74, 6) is 0. The number of hydrogen-bond donors (Lipinski definition) is 0. The van der Waals surface area contributed by atoms with Crippen molar-refractivity contribution >= 4 is 185 Å². The molecule has 0 atom stereocenters. The summed E-state index contributed by atoms with van der Waals surface area (Å²) in [6, 6.07) is 161. The highest BCUT2D eigenvalue weighted by atomic mass is 16.3. The van der Waals surface area contributed by atoms with E-state index in [9.17, 15) is 0 Å². The highest BCUT2D eigenvalue weighted by Gasteiger charge is 2.31. The predicted octanol–water partition coefficient (Wildman–Crippen LogP) is 35.8. The summed E-state index contributed by atoms with van der Waals surface area (Å²) >= 11 is 0. The van der Waals surface area contributed by atoms with Crippen LogP contribution in [0.4, 0.5) is 0 Å². The lowest BCUT2D eigenvalue weighted by Crippen LogP contribution is -1.95. The van der Waals surface area contributed by atoms with Gasteiger partial charge in [0, 0.05) is 87.3 Å². The maximum atomic E-state index is 6.44. The first-order valence-corrected chi connectivity index (χ1v) is 46.2. The Morgan fingerprint density at radius 1 is 0.134 bits per heavy atom. The fraction of sp³-hybridized carbons (Fsp3) is 0. The molecule has 0 saturated heterocycles. The van der Waals surface area contributed by atoms with Crippen LogP contribution >= 0.6 is 0 Å². The van der Waals surface area contributed by atoms with Gasteiger partial charge in [-0.1, -0.05) is 334 Å². The molecule has 0 fully saturated rings. The molecular formula is C128H73N3O3. The molecule has 0 radical (unpaired) electrons. The highest BCUT2D eigenvalue weighted by Crippen LogP contribution is 2.56. The van der Waals surface area contributed by atoms with E-state index >= 15 is 0 Å². The van der Waals surface area contributed by atoms with E-state index in [-0.39, 0.29) is 0 Å².